The number of ether oxygens (including phenoxy) is 3. The molecule has 54 heavy (non-hydrogen) atoms. The van der Waals surface area contributed by atoms with Crippen molar-refractivity contribution in [3.63, 3.8) is 0 Å². The topological polar surface area (TPSA) is 180 Å². The summed E-state index contributed by atoms with van der Waals surface area (Å²) in [4.78, 5) is 77.6. The molecule has 1 fully saturated rings. The van der Waals surface area contributed by atoms with Crippen molar-refractivity contribution < 1.29 is 43.1 Å². The number of hydrogen-bond donors (Lipinski definition) is 1. The number of carbonyl (C=O) groups is 4. The van der Waals surface area contributed by atoms with E-state index in [0.29, 0.717) is 19.3 Å². The van der Waals surface area contributed by atoms with E-state index >= 15 is 0 Å². The summed E-state index contributed by atoms with van der Waals surface area (Å²) in [6, 6.07) is 3.00. The summed E-state index contributed by atoms with van der Waals surface area (Å²) in [5.74, 6) is -1.73. The van der Waals surface area contributed by atoms with Gasteiger partial charge in [-0.15, -0.1) is 11.3 Å². The molecule has 2 aromatic rings. The predicted molar refractivity (Wildman–Crippen MR) is 203 cm³/mol. The molecule has 1 aliphatic heterocycles. The highest BCUT2D eigenvalue weighted by atomic mass is 32.1. The highest BCUT2D eigenvalue weighted by Gasteiger charge is 2.40. The smallest absolute Gasteiger partial charge is 0.461 e. The Morgan fingerprint density at radius 1 is 1.07 bits per heavy atom. The number of likely N-dealkylation sites (N-methyl/N-ethyl adjacent to an activating group) is 1. The van der Waals surface area contributed by atoms with Gasteiger partial charge in [-0.3, -0.25) is 29.4 Å². The summed E-state index contributed by atoms with van der Waals surface area (Å²) in [6.07, 6.45) is 4.63. The Hall–Kier alpha value is -4.15. The van der Waals surface area contributed by atoms with Crippen molar-refractivity contribution in [2.75, 3.05) is 26.8 Å². The molecule has 1 N–H and O–H groups in total. The van der Waals surface area contributed by atoms with Gasteiger partial charge in [0.1, 0.15) is 16.8 Å². The maximum atomic E-state index is 14.7. The summed E-state index contributed by atoms with van der Waals surface area (Å²) in [5.41, 5.74) is -0.151. The fraction of sp³-hybridized carbons (Fsp3) is 0.658. The van der Waals surface area contributed by atoms with E-state index in [0.717, 1.165) is 50.0 Å². The molecule has 1 aromatic carbocycles. The van der Waals surface area contributed by atoms with Crippen molar-refractivity contribution in [1.82, 2.24) is 20.3 Å². The highest BCUT2D eigenvalue weighted by Crippen LogP contribution is 2.33. The Morgan fingerprint density at radius 2 is 1.80 bits per heavy atom. The van der Waals surface area contributed by atoms with Crippen molar-refractivity contribution >= 4 is 41.0 Å². The Kier molecular flexibility index (Phi) is 18.3. The molecule has 300 valence electrons. The van der Waals surface area contributed by atoms with E-state index in [9.17, 15) is 29.3 Å². The number of likely N-dealkylation sites (tertiary alicyclic amines) is 1. The van der Waals surface area contributed by atoms with E-state index in [1.807, 2.05) is 39.6 Å². The number of thiazole rings is 1. The molecule has 0 aliphatic carbocycles. The number of non-ortho nitro benzene ring substituents is 1. The molecule has 2 amide bonds. The molecule has 0 unspecified atom stereocenters. The number of nitro benzene ring substituents is 1. The van der Waals surface area contributed by atoms with Crippen LogP contribution in [0.2, 0.25) is 0 Å². The number of rotatable bonds is 21. The molecule has 2 heterocycles. The molecule has 5 atom stereocenters. The van der Waals surface area contributed by atoms with Crippen LogP contribution in [0.5, 0.6) is 5.75 Å². The van der Waals surface area contributed by atoms with E-state index in [-0.39, 0.29) is 65.6 Å². The minimum Gasteiger partial charge on any atom is -0.461 e. The highest BCUT2D eigenvalue weighted by molar-refractivity contribution is 7.09. The Bertz CT molecular complexity index is 1520. The van der Waals surface area contributed by atoms with Gasteiger partial charge in [0.05, 0.1) is 30.2 Å². The fourth-order valence-electron chi connectivity index (χ4n) is 6.15. The third kappa shape index (κ3) is 13.0. The Morgan fingerprint density at radius 3 is 2.41 bits per heavy atom. The maximum absolute atomic E-state index is 14.7. The summed E-state index contributed by atoms with van der Waals surface area (Å²) >= 11 is 1.08. The first-order valence-corrected chi connectivity index (χ1v) is 19.9. The van der Waals surface area contributed by atoms with Crippen LogP contribution in [0.25, 0.3) is 0 Å². The fourth-order valence-corrected chi connectivity index (χ4v) is 6.98. The van der Waals surface area contributed by atoms with Gasteiger partial charge in [-0.25, -0.2) is 19.6 Å². The second-order valence-corrected chi connectivity index (χ2v) is 14.9. The normalized spacial score (nSPS) is 16.9. The van der Waals surface area contributed by atoms with Crippen molar-refractivity contribution in [2.45, 2.75) is 124 Å². The zero-order valence-corrected chi connectivity index (χ0v) is 33.4. The molecular formula is C38H57N5O10S. The summed E-state index contributed by atoms with van der Waals surface area (Å²) in [6.45, 7) is 12.7. The second-order valence-electron chi connectivity index (χ2n) is 14.0. The average Bonchev–Trinajstić information content (AvgIpc) is 3.64. The molecule has 1 aromatic heterocycles. The van der Waals surface area contributed by atoms with Gasteiger partial charge in [-0.05, 0) is 63.7 Å². The maximum Gasteiger partial charge on any atom is 0.514 e. The predicted octanol–water partition coefficient (Wildman–Crippen LogP) is 7.26. The van der Waals surface area contributed by atoms with Gasteiger partial charge in [0, 0.05) is 23.9 Å². The van der Waals surface area contributed by atoms with Crippen LogP contribution < -0.4 is 10.1 Å². The van der Waals surface area contributed by atoms with Crippen LogP contribution >= 0.6 is 11.3 Å². The molecule has 0 radical (unpaired) electrons. The van der Waals surface area contributed by atoms with Gasteiger partial charge < -0.3 is 19.5 Å². The van der Waals surface area contributed by atoms with Crippen molar-refractivity contribution in [3.8, 4) is 5.75 Å². The zero-order valence-electron chi connectivity index (χ0n) is 32.6. The van der Waals surface area contributed by atoms with Gasteiger partial charge >= 0.3 is 12.1 Å². The zero-order chi connectivity index (χ0) is 39.8. The first-order chi connectivity index (χ1) is 25.8. The molecule has 1 saturated heterocycles. The first-order valence-electron chi connectivity index (χ1n) is 19.0. The molecule has 1 aliphatic rings. The molecule has 16 heteroatoms. The van der Waals surface area contributed by atoms with Gasteiger partial charge in [0.25, 0.3) is 11.6 Å². The lowest BCUT2D eigenvalue weighted by Gasteiger charge is -2.39. The molecule has 15 nitrogen and oxygen atoms in total. The number of esters is 1. The number of nitro groups is 1. The Labute approximate surface area is 322 Å². The summed E-state index contributed by atoms with van der Waals surface area (Å²) < 4.78 is 16.4. The Balaban J connectivity index is 1.99. The largest absolute Gasteiger partial charge is 0.514 e. The lowest BCUT2D eigenvalue weighted by Crippen LogP contribution is -2.58. The first kappa shape index (κ1) is 44.2. The third-order valence-electron chi connectivity index (χ3n) is 9.59. The number of nitrogens with one attached hydrogen (secondary N) is 1. The van der Waals surface area contributed by atoms with Crippen LogP contribution in [0, 0.1) is 22.0 Å². The van der Waals surface area contributed by atoms with Crippen LogP contribution in [0.1, 0.15) is 121 Å². The standard InChI is InChI=1S/C38H57N5O10S/c1-8-11-12-15-22-51-42(36(45)33(26(6)9-2)40-34(44)30-16-13-14-21-41(30)7)31(25(4)5)23-32(35-39-29(24-54-35)37(46)50-10-3)53-38(47)52-28-19-17-27(18-20-28)43(48)49/h17-20,24-26,30-33H,8-16,21-23H2,1-7H3,(H,40,44)/t26-,30+,31+,32+,33-/m0/s1. The number of hydroxylamine groups is 2. The van der Waals surface area contributed by atoms with Crippen LogP contribution in [-0.2, 0) is 23.9 Å². The number of unbranched alkanes of at least 4 members (excludes halogenated alkanes) is 3. The number of nitrogens with zero attached hydrogens (tertiary/aromatic N) is 4. The molecule has 0 spiro atoms. The van der Waals surface area contributed by atoms with E-state index in [4.69, 9.17) is 19.0 Å². The molecular weight excluding hydrogens is 719 g/mol. The van der Waals surface area contributed by atoms with E-state index in [1.54, 1.807) is 6.92 Å². The summed E-state index contributed by atoms with van der Waals surface area (Å²) in [5, 5.41) is 17.3. The quantitative estimate of drug-likeness (QED) is 0.0442. The number of benzene rings is 1. The van der Waals surface area contributed by atoms with Crippen LogP contribution in [0.4, 0.5) is 10.5 Å². The van der Waals surface area contributed by atoms with Gasteiger partial charge in [0.2, 0.25) is 5.91 Å². The van der Waals surface area contributed by atoms with Gasteiger partial charge in [-0.2, -0.15) is 0 Å². The number of hydrogen-bond acceptors (Lipinski definition) is 13. The lowest BCUT2D eigenvalue weighted by atomic mass is 9.93. The van der Waals surface area contributed by atoms with Crippen molar-refractivity contribution in [3.05, 3.63) is 50.5 Å². The van der Waals surface area contributed by atoms with Crippen molar-refractivity contribution in [2.24, 2.45) is 11.8 Å². The second kappa shape index (κ2) is 22.3. The van der Waals surface area contributed by atoms with Crippen molar-refractivity contribution in [1.29, 1.82) is 0 Å². The number of piperidine rings is 1. The summed E-state index contributed by atoms with van der Waals surface area (Å²) in [7, 11) is 1.92. The third-order valence-corrected chi connectivity index (χ3v) is 10.5. The molecule has 3 rings (SSSR count). The number of aromatic nitrogens is 1. The van der Waals surface area contributed by atoms with Gasteiger partial charge in [0.15, 0.2) is 11.8 Å². The van der Waals surface area contributed by atoms with Crippen LogP contribution in [0.3, 0.4) is 0 Å². The minimum absolute atomic E-state index is 0.00393. The van der Waals surface area contributed by atoms with E-state index < -0.39 is 41.1 Å². The monoisotopic (exact) mass is 775 g/mol. The lowest BCUT2D eigenvalue weighted by molar-refractivity contribution is -0.384. The molecule has 0 saturated carbocycles. The molecule has 0 bridgehead atoms. The van der Waals surface area contributed by atoms with Gasteiger partial charge in [-0.1, -0.05) is 66.7 Å². The SMILES string of the molecule is CCCCCCON(C(=O)[C@@H](NC(=O)[C@H]1CCCCN1C)[C@@H](C)CC)[C@H](C[C@@H](OC(=O)Oc1ccc([N+](=O)[O-])cc1)c1nc(C(=O)OCC)cs1)C(C)C. The number of amides is 2. The van der Waals surface area contributed by atoms with E-state index in [1.165, 1.54) is 34.7 Å². The van der Waals surface area contributed by atoms with Crippen LogP contribution in [-0.4, -0.2) is 88.7 Å². The van der Waals surface area contributed by atoms with E-state index in [2.05, 4.69) is 17.2 Å². The number of carbonyl (C=O) groups excluding carboxylic acids is 4. The minimum atomic E-state index is -1.12. The average molecular weight is 776 g/mol. The van der Waals surface area contributed by atoms with Crippen LogP contribution in [0.15, 0.2) is 29.6 Å².